The van der Waals surface area contributed by atoms with Gasteiger partial charge in [-0.3, -0.25) is 14.8 Å². The van der Waals surface area contributed by atoms with E-state index in [1.807, 2.05) is 24.3 Å². The SMILES string of the molecule is O=c1[nH]c(=O)n(-c2ccccc2)c(O)c1C=Nc1ccc(N2CCOCC2)cc1. The number of anilines is 1. The van der Waals surface area contributed by atoms with Gasteiger partial charge in [-0.1, -0.05) is 18.2 Å². The number of ether oxygens (including phenoxy) is 1. The zero-order valence-corrected chi connectivity index (χ0v) is 15.6. The van der Waals surface area contributed by atoms with Gasteiger partial charge in [-0.15, -0.1) is 0 Å². The summed E-state index contributed by atoms with van der Waals surface area (Å²) in [6.45, 7) is 3.10. The summed E-state index contributed by atoms with van der Waals surface area (Å²) >= 11 is 0. The number of H-pyrrole nitrogens is 1. The van der Waals surface area contributed by atoms with Crippen molar-refractivity contribution in [2.24, 2.45) is 4.99 Å². The maximum atomic E-state index is 12.2. The highest BCUT2D eigenvalue weighted by Crippen LogP contribution is 2.21. The number of nitrogens with one attached hydrogen (secondary N) is 1. The normalized spacial score (nSPS) is 14.4. The van der Waals surface area contributed by atoms with Crippen LogP contribution in [0, 0.1) is 0 Å². The first-order chi connectivity index (χ1) is 14.1. The van der Waals surface area contributed by atoms with Crippen LogP contribution in [-0.4, -0.2) is 47.2 Å². The smallest absolute Gasteiger partial charge is 0.335 e. The lowest BCUT2D eigenvalue weighted by Crippen LogP contribution is -2.36. The summed E-state index contributed by atoms with van der Waals surface area (Å²) in [7, 11) is 0. The zero-order valence-electron chi connectivity index (χ0n) is 15.6. The van der Waals surface area contributed by atoms with E-state index in [0.29, 0.717) is 24.6 Å². The van der Waals surface area contributed by atoms with Gasteiger partial charge in [0.15, 0.2) is 0 Å². The highest BCUT2D eigenvalue weighted by Gasteiger charge is 2.14. The number of nitrogens with zero attached hydrogens (tertiary/aromatic N) is 3. The van der Waals surface area contributed by atoms with Crippen LogP contribution in [0.4, 0.5) is 11.4 Å². The van der Waals surface area contributed by atoms with Crippen LogP contribution < -0.4 is 16.1 Å². The maximum Gasteiger partial charge on any atom is 0.335 e. The van der Waals surface area contributed by atoms with Gasteiger partial charge in [-0.05, 0) is 36.4 Å². The molecule has 1 aliphatic heterocycles. The van der Waals surface area contributed by atoms with Crippen LogP contribution in [0.3, 0.4) is 0 Å². The number of hydrogen-bond donors (Lipinski definition) is 2. The number of aromatic amines is 1. The van der Waals surface area contributed by atoms with E-state index >= 15 is 0 Å². The highest BCUT2D eigenvalue weighted by atomic mass is 16.5. The summed E-state index contributed by atoms with van der Waals surface area (Å²) in [5.41, 5.74) is 0.629. The molecule has 0 radical (unpaired) electrons. The molecule has 3 aromatic rings. The van der Waals surface area contributed by atoms with Crippen LogP contribution >= 0.6 is 0 Å². The Hall–Kier alpha value is -3.65. The van der Waals surface area contributed by atoms with Gasteiger partial charge >= 0.3 is 5.69 Å². The van der Waals surface area contributed by atoms with Crippen molar-refractivity contribution in [2.45, 2.75) is 0 Å². The lowest BCUT2D eigenvalue weighted by molar-refractivity contribution is 0.122. The van der Waals surface area contributed by atoms with Gasteiger partial charge in [0.25, 0.3) is 5.56 Å². The Balaban J connectivity index is 1.63. The summed E-state index contributed by atoms with van der Waals surface area (Å²) < 4.78 is 6.39. The molecular weight excluding hydrogens is 372 g/mol. The molecule has 0 aliphatic carbocycles. The summed E-state index contributed by atoms with van der Waals surface area (Å²) in [4.78, 5) is 33.1. The predicted octanol–water partition coefficient (Wildman–Crippen LogP) is 1.82. The highest BCUT2D eigenvalue weighted by molar-refractivity contribution is 5.84. The molecule has 1 aliphatic rings. The van der Waals surface area contributed by atoms with Crippen molar-refractivity contribution in [3.05, 3.63) is 81.0 Å². The fraction of sp³-hybridized carbons (Fsp3) is 0.190. The fourth-order valence-corrected chi connectivity index (χ4v) is 3.18. The minimum Gasteiger partial charge on any atom is -0.493 e. The first-order valence-electron chi connectivity index (χ1n) is 9.24. The molecular formula is C21H20N4O4. The first kappa shape index (κ1) is 18.7. The average Bonchev–Trinajstić information content (AvgIpc) is 2.75. The predicted molar refractivity (Wildman–Crippen MR) is 111 cm³/mol. The van der Waals surface area contributed by atoms with Crippen molar-refractivity contribution in [1.29, 1.82) is 0 Å². The van der Waals surface area contributed by atoms with Crippen LogP contribution in [0.15, 0.2) is 69.2 Å². The molecule has 8 nitrogen and oxygen atoms in total. The number of aliphatic imine (C=N–C) groups is 1. The standard InChI is InChI=1S/C21H20N4O4/c26-19-18(20(27)25(21(28)23-19)17-4-2-1-3-5-17)14-22-15-6-8-16(9-7-15)24-10-12-29-13-11-24/h1-9,14,27H,10-13H2,(H,23,26,28). The number of rotatable bonds is 4. The third kappa shape index (κ3) is 3.97. The molecule has 0 spiro atoms. The number of aromatic nitrogens is 2. The molecule has 148 valence electrons. The van der Waals surface area contributed by atoms with E-state index in [9.17, 15) is 14.7 Å². The number of aromatic hydroxyl groups is 1. The molecule has 0 amide bonds. The van der Waals surface area contributed by atoms with Crippen LogP contribution in [-0.2, 0) is 4.74 Å². The van der Waals surface area contributed by atoms with E-state index < -0.39 is 17.1 Å². The number of morpholine rings is 1. The third-order valence-corrected chi connectivity index (χ3v) is 4.70. The second-order valence-corrected chi connectivity index (χ2v) is 6.54. The van der Waals surface area contributed by atoms with Gasteiger partial charge in [0, 0.05) is 25.0 Å². The zero-order chi connectivity index (χ0) is 20.2. The molecule has 1 saturated heterocycles. The minimum atomic E-state index is -0.717. The second-order valence-electron chi connectivity index (χ2n) is 6.54. The molecule has 0 saturated carbocycles. The van der Waals surface area contributed by atoms with Crippen molar-refractivity contribution in [1.82, 2.24) is 9.55 Å². The van der Waals surface area contributed by atoms with E-state index in [1.54, 1.807) is 30.3 Å². The Morgan fingerprint density at radius 1 is 0.966 bits per heavy atom. The molecule has 1 fully saturated rings. The van der Waals surface area contributed by atoms with Crippen molar-refractivity contribution in [2.75, 3.05) is 31.2 Å². The topological polar surface area (TPSA) is 99.9 Å². The first-order valence-corrected chi connectivity index (χ1v) is 9.24. The summed E-state index contributed by atoms with van der Waals surface area (Å²) in [5.74, 6) is -0.460. The number of para-hydroxylation sites is 1. The molecule has 4 rings (SSSR count). The van der Waals surface area contributed by atoms with Crippen LogP contribution in [0.2, 0.25) is 0 Å². The molecule has 2 aromatic carbocycles. The van der Waals surface area contributed by atoms with E-state index in [0.717, 1.165) is 23.3 Å². The van der Waals surface area contributed by atoms with Crippen molar-refractivity contribution < 1.29 is 9.84 Å². The van der Waals surface area contributed by atoms with Gasteiger partial charge in [0.1, 0.15) is 5.56 Å². The van der Waals surface area contributed by atoms with Gasteiger partial charge in [-0.2, -0.15) is 0 Å². The average molecular weight is 392 g/mol. The van der Waals surface area contributed by atoms with E-state index in [4.69, 9.17) is 4.74 Å². The minimum absolute atomic E-state index is 0.0919. The van der Waals surface area contributed by atoms with Crippen LogP contribution in [0.25, 0.3) is 5.69 Å². The van der Waals surface area contributed by atoms with Crippen molar-refractivity contribution in [3.8, 4) is 11.6 Å². The summed E-state index contributed by atoms with van der Waals surface area (Å²) in [6.07, 6.45) is 1.26. The number of benzene rings is 2. The van der Waals surface area contributed by atoms with Gasteiger partial charge in [-0.25, -0.2) is 9.36 Å². The molecule has 1 aromatic heterocycles. The van der Waals surface area contributed by atoms with Crippen LogP contribution in [0.1, 0.15) is 5.56 Å². The third-order valence-electron chi connectivity index (χ3n) is 4.70. The lowest BCUT2D eigenvalue weighted by Gasteiger charge is -2.28. The van der Waals surface area contributed by atoms with E-state index in [1.165, 1.54) is 6.21 Å². The maximum absolute atomic E-state index is 12.2. The molecule has 2 N–H and O–H groups in total. The lowest BCUT2D eigenvalue weighted by atomic mass is 10.2. The molecule has 2 heterocycles. The molecule has 8 heteroatoms. The Morgan fingerprint density at radius 3 is 2.34 bits per heavy atom. The van der Waals surface area contributed by atoms with Gasteiger partial charge < -0.3 is 14.7 Å². The van der Waals surface area contributed by atoms with E-state index in [-0.39, 0.29) is 5.56 Å². The van der Waals surface area contributed by atoms with Crippen molar-refractivity contribution >= 4 is 17.6 Å². The Kier molecular flexibility index (Phi) is 5.26. The summed E-state index contributed by atoms with van der Waals surface area (Å²) in [5, 5.41) is 10.5. The second kappa shape index (κ2) is 8.15. The molecule has 0 atom stereocenters. The Morgan fingerprint density at radius 2 is 1.66 bits per heavy atom. The largest absolute Gasteiger partial charge is 0.493 e. The monoisotopic (exact) mass is 392 g/mol. The fourth-order valence-electron chi connectivity index (χ4n) is 3.18. The van der Waals surface area contributed by atoms with Gasteiger partial charge in [0.05, 0.1) is 24.6 Å². The van der Waals surface area contributed by atoms with Crippen LogP contribution in [0.5, 0.6) is 5.88 Å². The Labute approximate surface area is 166 Å². The molecule has 29 heavy (non-hydrogen) atoms. The van der Waals surface area contributed by atoms with Gasteiger partial charge in [0.2, 0.25) is 5.88 Å². The Bertz CT molecular complexity index is 1130. The van der Waals surface area contributed by atoms with E-state index in [2.05, 4.69) is 14.9 Å². The molecule has 0 unspecified atom stereocenters. The van der Waals surface area contributed by atoms with Crippen molar-refractivity contribution in [3.63, 3.8) is 0 Å². The quantitative estimate of drug-likeness (QED) is 0.660. The number of hydrogen-bond acceptors (Lipinski definition) is 6. The summed E-state index contributed by atoms with van der Waals surface area (Å²) in [6, 6.07) is 16.1. The molecule has 0 bridgehead atoms.